The van der Waals surface area contributed by atoms with Gasteiger partial charge in [-0.05, 0) is 20.8 Å². The van der Waals surface area contributed by atoms with Gasteiger partial charge in [-0.2, -0.15) is 0 Å². The molecule has 0 aromatic carbocycles. The fourth-order valence-electron chi connectivity index (χ4n) is 3.35. The standard InChI is InChI=1S/C33H66O16/c1-33(2,3)49-32(35)4-6-36-8-10-38-12-14-40-16-18-42-20-22-44-24-26-46-28-30-48-31-29-47-27-25-45-23-21-43-19-17-41-15-13-39-11-9-37-7-5-34/h34H,4-31H2,1-3H3. The summed E-state index contributed by atoms with van der Waals surface area (Å²) < 4.78 is 75.5. The minimum absolute atomic E-state index is 0.0212. The molecule has 294 valence electrons. The quantitative estimate of drug-likeness (QED) is 0.0700. The molecule has 0 atom stereocenters. The summed E-state index contributed by atoms with van der Waals surface area (Å²) in [5.41, 5.74) is -0.476. The van der Waals surface area contributed by atoms with Crippen LogP contribution < -0.4 is 0 Å². The fourth-order valence-corrected chi connectivity index (χ4v) is 3.35. The summed E-state index contributed by atoms with van der Waals surface area (Å²) >= 11 is 0. The second-order valence-corrected chi connectivity index (χ2v) is 11.0. The third kappa shape index (κ3) is 44.9. The molecular weight excluding hydrogens is 652 g/mol. The summed E-state index contributed by atoms with van der Waals surface area (Å²) in [6, 6.07) is 0. The van der Waals surface area contributed by atoms with E-state index in [4.69, 9.17) is 71.4 Å². The number of esters is 1. The van der Waals surface area contributed by atoms with Gasteiger partial charge in [0.2, 0.25) is 0 Å². The molecule has 0 fully saturated rings. The van der Waals surface area contributed by atoms with Crippen molar-refractivity contribution in [1.29, 1.82) is 0 Å². The summed E-state index contributed by atoms with van der Waals surface area (Å²) in [6.45, 7) is 17.8. The van der Waals surface area contributed by atoms with Crippen LogP contribution in [0.1, 0.15) is 27.2 Å². The summed E-state index contributed by atoms with van der Waals surface area (Å²) in [5, 5.41) is 8.58. The Balaban J connectivity index is 3.09. The summed E-state index contributed by atoms with van der Waals surface area (Å²) in [7, 11) is 0. The Morgan fingerprint density at radius 2 is 0.531 bits per heavy atom. The highest BCUT2D eigenvalue weighted by molar-refractivity contribution is 5.69. The molecule has 0 aliphatic rings. The largest absolute Gasteiger partial charge is 0.460 e. The third-order valence-corrected chi connectivity index (χ3v) is 5.57. The highest BCUT2D eigenvalue weighted by Crippen LogP contribution is 2.08. The SMILES string of the molecule is CC(C)(C)OC(=O)CCOCCOCCOCCOCCOCCOCCOCCOCCOCCOCCOCCOCCOCCO. The number of carbonyl (C=O) groups is 1. The molecule has 0 saturated carbocycles. The molecule has 0 amide bonds. The summed E-state index contributed by atoms with van der Waals surface area (Å²) in [5.74, 6) is -0.267. The van der Waals surface area contributed by atoms with E-state index in [2.05, 4.69) is 0 Å². The monoisotopic (exact) mass is 718 g/mol. The molecule has 0 rings (SSSR count). The Labute approximate surface area is 293 Å². The predicted molar refractivity (Wildman–Crippen MR) is 178 cm³/mol. The van der Waals surface area contributed by atoms with Gasteiger partial charge in [-0.3, -0.25) is 4.79 Å². The van der Waals surface area contributed by atoms with Crippen LogP contribution in [0.2, 0.25) is 0 Å². The van der Waals surface area contributed by atoms with Crippen molar-refractivity contribution in [3.8, 4) is 0 Å². The molecule has 49 heavy (non-hydrogen) atoms. The molecule has 0 aliphatic carbocycles. The highest BCUT2D eigenvalue weighted by atomic mass is 16.6. The van der Waals surface area contributed by atoms with E-state index in [-0.39, 0.29) is 19.0 Å². The van der Waals surface area contributed by atoms with Gasteiger partial charge in [-0.1, -0.05) is 0 Å². The maximum atomic E-state index is 11.6. The van der Waals surface area contributed by atoms with Crippen molar-refractivity contribution in [2.45, 2.75) is 32.8 Å². The number of hydrogen-bond acceptors (Lipinski definition) is 16. The molecule has 16 heteroatoms. The first kappa shape index (κ1) is 47.9. The van der Waals surface area contributed by atoms with Crippen molar-refractivity contribution in [3.63, 3.8) is 0 Å². The lowest BCUT2D eigenvalue weighted by Crippen LogP contribution is -2.24. The molecule has 0 spiro atoms. The number of aliphatic hydroxyl groups is 1. The lowest BCUT2D eigenvalue weighted by molar-refractivity contribution is -0.156. The van der Waals surface area contributed by atoms with Crippen LogP contribution in [0.15, 0.2) is 0 Å². The van der Waals surface area contributed by atoms with E-state index in [0.717, 1.165) is 0 Å². The van der Waals surface area contributed by atoms with Crippen molar-refractivity contribution in [1.82, 2.24) is 0 Å². The molecular formula is C33H66O16. The molecule has 0 bridgehead atoms. The molecule has 16 nitrogen and oxygen atoms in total. The second kappa shape index (κ2) is 39.7. The van der Waals surface area contributed by atoms with E-state index in [9.17, 15) is 4.79 Å². The van der Waals surface area contributed by atoms with Crippen LogP contribution in [0, 0.1) is 0 Å². The summed E-state index contributed by atoms with van der Waals surface area (Å²) in [4.78, 5) is 11.6. The van der Waals surface area contributed by atoms with Crippen LogP contribution in [0.25, 0.3) is 0 Å². The van der Waals surface area contributed by atoms with E-state index in [1.165, 1.54) is 0 Å². The zero-order valence-corrected chi connectivity index (χ0v) is 30.4. The van der Waals surface area contributed by atoms with E-state index in [1.54, 1.807) is 0 Å². The van der Waals surface area contributed by atoms with Crippen molar-refractivity contribution in [3.05, 3.63) is 0 Å². The van der Waals surface area contributed by atoms with Gasteiger partial charge in [0, 0.05) is 0 Å². The topological polar surface area (TPSA) is 167 Å². The number of hydrogen-bond donors (Lipinski definition) is 1. The van der Waals surface area contributed by atoms with Crippen LogP contribution in [-0.4, -0.2) is 195 Å². The first-order valence-electron chi connectivity index (χ1n) is 17.3. The smallest absolute Gasteiger partial charge is 0.308 e. The Hall–Kier alpha value is -1.09. The van der Waals surface area contributed by atoms with Gasteiger partial charge >= 0.3 is 5.97 Å². The molecule has 0 aliphatic heterocycles. The molecule has 0 unspecified atom stereocenters. The number of aliphatic hydroxyl groups excluding tert-OH is 1. The van der Waals surface area contributed by atoms with Crippen LogP contribution in [0.3, 0.4) is 0 Å². The van der Waals surface area contributed by atoms with Crippen molar-refractivity contribution >= 4 is 5.97 Å². The number of carbonyl (C=O) groups excluding carboxylic acids is 1. The maximum absolute atomic E-state index is 11.6. The fraction of sp³-hybridized carbons (Fsp3) is 0.970. The normalized spacial score (nSPS) is 11.8. The Morgan fingerprint density at radius 1 is 0.347 bits per heavy atom. The van der Waals surface area contributed by atoms with Crippen LogP contribution in [0.5, 0.6) is 0 Å². The zero-order valence-electron chi connectivity index (χ0n) is 30.4. The summed E-state index contributed by atoms with van der Waals surface area (Å²) in [6.07, 6.45) is 0.229. The van der Waals surface area contributed by atoms with Crippen molar-refractivity contribution in [2.24, 2.45) is 0 Å². The van der Waals surface area contributed by atoms with E-state index < -0.39 is 5.60 Å². The lowest BCUT2D eigenvalue weighted by Gasteiger charge is -2.19. The van der Waals surface area contributed by atoms with Gasteiger partial charge in [-0.15, -0.1) is 0 Å². The van der Waals surface area contributed by atoms with E-state index >= 15 is 0 Å². The van der Waals surface area contributed by atoms with Gasteiger partial charge in [0.25, 0.3) is 0 Å². The molecule has 0 heterocycles. The third-order valence-electron chi connectivity index (χ3n) is 5.57. The minimum atomic E-state index is -0.476. The first-order chi connectivity index (χ1) is 24.0. The van der Waals surface area contributed by atoms with Crippen molar-refractivity contribution in [2.75, 3.05) is 178 Å². The predicted octanol–water partition coefficient (Wildman–Crippen LogP) is 0.926. The highest BCUT2D eigenvalue weighted by Gasteiger charge is 2.15. The number of rotatable bonds is 41. The van der Waals surface area contributed by atoms with Gasteiger partial charge in [0.15, 0.2) is 0 Å². The molecule has 1 N–H and O–H groups in total. The molecule has 0 saturated heterocycles. The lowest BCUT2D eigenvalue weighted by atomic mass is 10.2. The minimum Gasteiger partial charge on any atom is -0.460 e. The van der Waals surface area contributed by atoms with Gasteiger partial charge < -0.3 is 71.4 Å². The van der Waals surface area contributed by atoms with E-state index in [0.29, 0.717) is 172 Å². The van der Waals surface area contributed by atoms with Crippen LogP contribution >= 0.6 is 0 Å². The average Bonchev–Trinajstić information content (AvgIpc) is 3.06. The Bertz CT molecular complexity index is 653. The van der Waals surface area contributed by atoms with Crippen LogP contribution in [-0.2, 0) is 71.1 Å². The van der Waals surface area contributed by atoms with Crippen molar-refractivity contribution < 1.29 is 76.2 Å². The Morgan fingerprint density at radius 3 is 0.714 bits per heavy atom. The second-order valence-electron chi connectivity index (χ2n) is 11.0. The van der Waals surface area contributed by atoms with Gasteiger partial charge in [0.05, 0.1) is 185 Å². The molecule has 0 aromatic heterocycles. The van der Waals surface area contributed by atoms with Crippen LogP contribution in [0.4, 0.5) is 0 Å². The maximum Gasteiger partial charge on any atom is 0.308 e. The Kier molecular flexibility index (Phi) is 38.8. The first-order valence-corrected chi connectivity index (χ1v) is 17.3. The molecule has 0 aromatic rings. The average molecular weight is 719 g/mol. The van der Waals surface area contributed by atoms with Gasteiger partial charge in [0.1, 0.15) is 5.60 Å². The van der Waals surface area contributed by atoms with Gasteiger partial charge in [-0.25, -0.2) is 0 Å². The molecule has 0 radical (unpaired) electrons. The van der Waals surface area contributed by atoms with E-state index in [1.807, 2.05) is 20.8 Å². The number of ether oxygens (including phenoxy) is 14. The zero-order chi connectivity index (χ0) is 35.8.